The van der Waals surface area contributed by atoms with Crippen LogP contribution < -0.4 is 18.9 Å². The Morgan fingerprint density at radius 3 is 1.86 bits per heavy atom. The summed E-state index contributed by atoms with van der Waals surface area (Å²) in [4.78, 5) is 12.8. The second kappa shape index (κ2) is 16.2. The number of hydrogen-bond donors (Lipinski definition) is 7. The van der Waals surface area contributed by atoms with Gasteiger partial charge < -0.3 is 73.6 Å². The fraction of sp³-hybridized carbons (Fsp3) is 0.606. The van der Waals surface area contributed by atoms with Crippen LogP contribution in [-0.4, -0.2) is 144 Å². The van der Waals surface area contributed by atoms with E-state index >= 15 is 0 Å². The first-order chi connectivity index (χ1) is 23.5. The van der Waals surface area contributed by atoms with Gasteiger partial charge in [-0.3, -0.25) is 4.79 Å². The molecule has 16 nitrogen and oxygen atoms in total. The summed E-state index contributed by atoms with van der Waals surface area (Å²) < 4.78 is 44.1. The Balaban J connectivity index is 1.24. The third kappa shape index (κ3) is 8.04. The van der Waals surface area contributed by atoms with Crippen LogP contribution in [0.2, 0.25) is 0 Å². The number of methoxy groups -OCH3 is 3. The summed E-state index contributed by atoms with van der Waals surface area (Å²) in [5, 5.41) is 71.4. The molecule has 49 heavy (non-hydrogen) atoms. The van der Waals surface area contributed by atoms with Crippen molar-refractivity contribution in [1.82, 2.24) is 0 Å². The minimum absolute atomic E-state index is 0.103. The van der Waals surface area contributed by atoms with Gasteiger partial charge in [-0.2, -0.15) is 0 Å². The van der Waals surface area contributed by atoms with Crippen LogP contribution in [-0.2, 0) is 36.6 Å². The van der Waals surface area contributed by atoms with Crippen molar-refractivity contribution < 1.29 is 78.4 Å². The Bertz CT molecular complexity index is 1400. The number of rotatable bonds is 13. The average molecular weight is 697 g/mol. The number of aliphatic hydroxyl groups is 7. The lowest BCUT2D eigenvalue weighted by Gasteiger charge is -2.42. The van der Waals surface area contributed by atoms with E-state index in [1.54, 1.807) is 32.4 Å². The van der Waals surface area contributed by atoms with Crippen LogP contribution in [0.4, 0.5) is 0 Å². The molecule has 16 heteroatoms. The van der Waals surface area contributed by atoms with Crippen molar-refractivity contribution in [2.45, 2.75) is 74.3 Å². The second-order valence-electron chi connectivity index (χ2n) is 12.2. The molecule has 3 aliphatic rings. The summed E-state index contributed by atoms with van der Waals surface area (Å²) in [5.41, 5.74) is 1.71. The molecule has 2 aromatic rings. The Morgan fingerprint density at radius 2 is 1.22 bits per heavy atom. The van der Waals surface area contributed by atoms with E-state index in [1.807, 2.05) is 18.2 Å². The molecule has 3 saturated heterocycles. The Morgan fingerprint density at radius 1 is 0.673 bits per heavy atom. The first-order valence-electron chi connectivity index (χ1n) is 15.8. The predicted octanol–water partition coefficient (Wildman–Crippen LogP) is -1.71. The first kappa shape index (κ1) is 37.0. The summed E-state index contributed by atoms with van der Waals surface area (Å²) in [6, 6.07) is 10.6. The van der Waals surface area contributed by atoms with E-state index in [2.05, 4.69) is 0 Å². The summed E-state index contributed by atoms with van der Waals surface area (Å²) in [6.45, 7) is -0.909. The fourth-order valence-electron chi connectivity index (χ4n) is 6.23. The molecule has 272 valence electrons. The van der Waals surface area contributed by atoms with Gasteiger partial charge in [0.2, 0.25) is 6.29 Å². The molecule has 0 aromatic heterocycles. The van der Waals surface area contributed by atoms with Crippen LogP contribution in [0.25, 0.3) is 0 Å². The van der Waals surface area contributed by atoms with Crippen molar-refractivity contribution in [3.8, 4) is 23.0 Å². The highest BCUT2D eigenvalue weighted by atomic mass is 16.7. The van der Waals surface area contributed by atoms with Crippen LogP contribution >= 0.6 is 0 Å². The largest absolute Gasteiger partial charge is 0.493 e. The first-order valence-corrected chi connectivity index (χ1v) is 15.8. The molecular formula is C33H44O16. The zero-order valence-corrected chi connectivity index (χ0v) is 27.2. The number of ether oxygens (including phenoxy) is 8. The van der Waals surface area contributed by atoms with Gasteiger partial charge in [-0.25, -0.2) is 0 Å². The van der Waals surface area contributed by atoms with Crippen molar-refractivity contribution >= 4 is 5.97 Å². The lowest BCUT2D eigenvalue weighted by Crippen LogP contribution is -2.62. The predicted molar refractivity (Wildman–Crippen MR) is 165 cm³/mol. The van der Waals surface area contributed by atoms with Gasteiger partial charge in [0.25, 0.3) is 0 Å². The standard InChI is InChI=1S/C33H44O16/c1-42-19-6-4-15(10-21(19)43-2)8-17-13-45-31(41)18(17)9-16-5-7-20(22(11-16)44-3)47-33-30(40)28(38)26(36)24(49-33)14-46-32-29(39)27(37)25(35)23(12-34)48-32/h4-7,10-11,17-18,23-30,32-40H,8-9,12-14H2,1-3H3/t17?,18?,23-,24-,25-,26-,27+,28+,29-,30-,32-,33-/m1/s1. The Kier molecular flexibility index (Phi) is 12.2. The molecular weight excluding hydrogens is 652 g/mol. The lowest BCUT2D eigenvalue weighted by molar-refractivity contribution is -0.323. The molecule has 0 spiro atoms. The van der Waals surface area contributed by atoms with E-state index in [9.17, 15) is 40.5 Å². The van der Waals surface area contributed by atoms with Gasteiger partial charge in [0.1, 0.15) is 48.8 Å². The molecule has 3 heterocycles. The van der Waals surface area contributed by atoms with Crippen molar-refractivity contribution in [2.75, 3.05) is 41.2 Å². The number of benzene rings is 2. The number of cyclic esters (lactones) is 1. The van der Waals surface area contributed by atoms with Gasteiger partial charge in [-0.1, -0.05) is 12.1 Å². The maximum Gasteiger partial charge on any atom is 0.309 e. The topological polar surface area (TPSA) is 233 Å². The number of hydrogen-bond acceptors (Lipinski definition) is 16. The quantitative estimate of drug-likeness (QED) is 0.116. The summed E-state index contributed by atoms with van der Waals surface area (Å²) in [5.74, 6) is 0.707. The summed E-state index contributed by atoms with van der Waals surface area (Å²) in [6.07, 6.45) is -14.7. The van der Waals surface area contributed by atoms with Crippen LogP contribution in [0, 0.1) is 11.8 Å². The van der Waals surface area contributed by atoms with Gasteiger partial charge in [0.05, 0.1) is 47.1 Å². The van der Waals surface area contributed by atoms with Crippen LogP contribution in [0.5, 0.6) is 23.0 Å². The van der Waals surface area contributed by atoms with E-state index in [0.717, 1.165) is 11.1 Å². The summed E-state index contributed by atoms with van der Waals surface area (Å²) >= 11 is 0. The summed E-state index contributed by atoms with van der Waals surface area (Å²) in [7, 11) is 4.52. The van der Waals surface area contributed by atoms with Crippen molar-refractivity contribution in [3.63, 3.8) is 0 Å². The average Bonchev–Trinajstić information content (AvgIpc) is 3.45. The highest BCUT2D eigenvalue weighted by Gasteiger charge is 2.48. The third-order valence-corrected chi connectivity index (χ3v) is 9.13. The number of esters is 1. The molecule has 7 N–H and O–H groups in total. The monoisotopic (exact) mass is 696 g/mol. The molecule has 5 rings (SSSR count). The lowest BCUT2D eigenvalue weighted by atomic mass is 9.85. The smallest absolute Gasteiger partial charge is 0.309 e. The Hall–Kier alpha value is -3.29. The van der Waals surface area contributed by atoms with E-state index in [0.29, 0.717) is 24.3 Å². The van der Waals surface area contributed by atoms with Gasteiger partial charge in [0, 0.05) is 5.92 Å². The number of aliphatic hydroxyl groups excluding tert-OH is 7. The van der Waals surface area contributed by atoms with Gasteiger partial charge in [0.15, 0.2) is 29.3 Å². The molecule has 0 aliphatic carbocycles. The second-order valence-corrected chi connectivity index (χ2v) is 12.2. The third-order valence-electron chi connectivity index (χ3n) is 9.13. The maximum atomic E-state index is 12.8. The van der Waals surface area contributed by atoms with Gasteiger partial charge in [-0.15, -0.1) is 0 Å². The molecule has 3 fully saturated rings. The highest BCUT2D eigenvalue weighted by molar-refractivity contribution is 5.75. The zero-order valence-electron chi connectivity index (χ0n) is 27.2. The van der Waals surface area contributed by atoms with Crippen LogP contribution in [0.15, 0.2) is 36.4 Å². The van der Waals surface area contributed by atoms with Gasteiger partial charge in [-0.05, 0) is 48.2 Å². The minimum atomic E-state index is -1.73. The van der Waals surface area contributed by atoms with Crippen molar-refractivity contribution in [3.05, 3.63) is 47.5 Å². The molecule has 2 unspecified atom stereocenters. The molecule has 0 radical (unpaired) electrons. The maximum absolute atomic E-state index is 12.8. The highest BCUT2D eigenvalue weighted by Crippen LogP contribution is 2.36. The molecule has 0 saturated carbocycles. The van der Waals surface area contributed by atoms with E-state index in [-0.39, 0.29) is 30.0 Å². The molecule has 3 aliphatic heterocycles. The molecule has 0 amide bonds. The Labute approximate surface area is 282 Å². The van der Waals surface area contributed by atoms with E-state index in [4.69, 9.17) is 37.9 Å². The molecule has 0 bridgehead atoms. The SMILES string of the molecule is COc1ccc(CC2COC(=O)C2Cc2ccc(O[C@@H]3O[C@H](CO[C@@H]4O[C@H](CO)[C@@H](O)[C@H](O)[C@H]4O)[C@@H](O)[C@H](O)[C@H]3O)c(OC)c2)cc1OC. The van der Waals surface area contributed by atoms with Crippen LogP contribution in [0.1, 0.15) is 11.1 Å². The van der Waals surface area contributed by atoms with Crippen molar-refractivity contribution in [1.29, 1.82) is 0 Å². The van der Waals surface area contributed by atoms with Crippen molar-refractivity contribution in [2.24, 2.45) is 11.8 Å². The van der Waals surface area contributed by atoms with E-state index in [1.165, 1.54) is 7.11 Å². The fourth-order valence-corrected chi connectivity index (χ4v) is 6.23. The molecule has 2 aromatic carbocycles. The molecule has 12 atom stereocenters. The number of carbonyl (C=O) groups is 1. The van der Waals surface area contributed by atoms with Crippen LogP contribution in [0.3, 0.4) is 0 Å². The minimum Gasteiger partial charge on any atom is -0.493 e. The van der Waals surface area contributed by atoms with Gasteiger partial charge >= 0.3 is 5.97 Å². The number of carbonyl (C=O) groups excluding carboxylic acids is 1. The van der Waals surface area contributed by atoms with E-state index < -0.39 is 80.5 Å². The zero-order chi connectivity index (χ0) is 35.4. The normalized spacial score (nSPS) is 34.7.